The van der Waals surface area contributed by atoms with Crippen LogP contribution in [0.1, 0.15) is 21.5 Å². The summed E-state index contributed by atoms with van der Waals surface area (Å²) in [7, 11) is -1.86. The van der Waals surface area contributed by atoms with Crippen LogP contribution in [-0.4, -0.2) is 12.8 Å². The van der Waals surface area contributed by atoms with Crippen LogP contribution in [0, 0.1) is 17.1 Å². The lowest BCUT2D eigenvalue weighted by Crippen LogP contribution is -2.10. The van der Waals surface area contributed by atoms with E-state index in [1.165, 1.54) is 12.1 Å². The zero-order chi connectivity index (χ0) is 18.7. The van der Waals surface area contributed by atoms with E-state index < -0.39 is 16.8 Å². The molecule has 8 heteroatoms. The molecule has 0 aliphatic carbocycles. The zero-order valence-corrected chi connectivity index (χ0v) is 16.1. The van der Waals surface area contributed by atoms with Gasteiger partial charge in [0.2, 0.25) is 0 Å². The number of nitriles is 1. The number of nitrogens with one attached hydrogen (secondary N) is 1. The van der Waals surface area contributed by atoms with Crippen molar-refractivity contribution in [3.8, 4) is 6.07 Å². The highest BCUT2D eigenvalue weighted by molar-refractivity contribution is 14.1. The molecule has 0 aliphatic rings. The third kappa shape index (κ3) is 3.84. The van der Waals surface area contributed by atoms with Crippen molar-refractivity contribution in [2.24, 2.45) is 0 Å². The van der Waals surface area contributed by atoms with Crippen LogP contribution < -0.4 is 4.72 Å². The van der Waals surface area contributed by atoms with E-state index in [-0.39, 0.29) is 27.5 Å². The van der Waals surface area contributed by atoms with Crippen molar-refractivity contribution < 1.29 is 13.4 Å². The monoisotopic (exact) mass is 479 g/mol. The van der Waals surface area contributed by atoms with Gasteiger partial charge < -0.3 is 0 Å². The van der Waals surface area contributed by atoms with Gasteiger partial charge in [-0.1, -0.05) is 30.3 Å². The Kier molecular flexibility index (Phi) is 5.49. The molecule has 0 fully saturated rings. The molecule has 26 heavy (non-hydrogen) atoms. The normalized spacial score (nSPS) is 11.6. The van der Waals surface area contributed by atoms with Gasteiger partial charge in [-0.05, 0) is 18.2 Å². The maximum Gasteiger partial charge on any atom is 0.195 e. The Morgan fingerprint density at radius 2 is 1.92 bits per heavy atom. The fraction of sp³-hybridized carbons (Fsp3) is 0. The molecule has 0 bridgehead atoms. The van der Waals surface area contributed by atoms with Gasteiger partial charge in [-0.25, -0.2) is 8.60 Å². The van der Waals surface area contributed by atoms with E-state index in [1.807, 2.05) is 28.9 Å². The van der Waals surface area contributed by atoms with Gasteiger partial charge in [0.1, 0.15) is 5.82 Å². The molecule has 130 valence electrons. The lowest BCUT2D eigenvalue weighted by atomic mass is 10.1. The quantitative estimate of drug-likeness (QED) is 0.443. The maximum atomic E-state index is 14.0. The first-order valence-electron chi connectivity index (χ1n) is 7.35. The number of anilines is 1. The molecule has 5 nitrogen and oxygen atoms in total. The second kappa shape index (κ2) is 7.80. The van der Waals surface area contributed by atoms with Gasteiger partial charge in [-0.3, -0.25) is 12.3 Å². The fourth-order valence-corrected chi connectivity index (χ4v) is 4.07. The van der Waals surface area contributed by atoms with Gasteiger partial charge in [0.05, 0.1) is 50.6 Å². The number of carbonyl (C=O) groups excluding carboxylic acids is 1. The Hall–Kier alpha value is -2.51. The number of nitrogens with zero attached hydrogens (tertiary/aromatic N) is 2. The predicted octanol–water partition coefficient (Wildman–Crippen LogP) is 4.06. The Morgan fingerprint density at radius 3 is 2.58 bits per heavy atom. The molecule has 3 rings (SSSR count). The Labute approximate surface area is 165 Å². The summed E-state index contributed by atoms with van der Waals surface area (Å²) in [5.41, 5.74) is 0.891. The smallest absolute Gasteiger partial charge is 0.195 e. The van der Waals surface area contributed by atoms with Crippen molar-refractivity contribution in [2.45, 2.75) is 4.90 Å². The van der Waals surface area contributed by atoms with E-state index in [4.69, 9.17) is 5.26 Å². The number of carbonyl (C=O) groups is 1. The SMILES string of the molecule is N#Cc1ccc(NS(=O)c2cn(I)cc2C(=O)c2ccccc2)c(F)c1. The molecule has 2 aromatic carbocycles. The van der Waals surface area contributed by atoms with Gasteiger partial charge in [0.15, 0.2) is 16.8 Å². The first-order chi connectivity index (χ1) is 12.5. The minimum Gasteiger partial charge on any atom is -0.298 e. The summed E-state index contributed by atoms with van der Waals surface area (Å²) in [6.45, 7) is 0. The highest BCUT2D eigenvalue weighted by Crippen LogP contribution is 2.24. The van der Waals surface area contributed by atoms with E-state index in [0.717, 1.165) is 6.07 Å². The number of hydrogen-bond donors (Lipinski definition) is 1. The fourth-order valence-electron chi connectivity index (χ4n) is 2.29. The topological polar surface area (TPSA) is 74.9 Å². The summed E-state index contributed by atoms with van der Waals surface area (Å²) >= 11 is 1.95. The summed E-state index contributed by atoms with van der Waals surface area (Å²) in [5, 5.41) is 8.78. The number of hydrogen-bond acceptors (Lipinski definition) is 3. The number of halogens is 2. The molecule has 1 heterocycles. The summed E-state index contributed by atoms with van der Waals surface area (Å²) in [5.74, 6) is -0.964. The molecular weight excluding hydrogens is 468 g/mol. The van der Waals surface area contributed by atoms with Crippen LogP contribution in [0.5, 0.6) is 0 Å². The number of ketones is 1. The van der Waals surface area contributed by atoms with Crippen LogP contribution in [-0.2, 0) is 11.0 Å². The van der Waals surface area contributed by atoms with E-state index in [9.17, 15) is 13.4 Å². The van der Waals surface area contributed by atoms with Gasteiger partial charge in [-0.2, -0.15) is 5.26 Å². The number of aromatic nitrogens is 1. The van der Waals surface area contributed by atoms with Gasteiger partial charge in [0, 0.05) is 18.0 Å². The third-order valence-corrected chi connectivity index (χ3v) is 5.23. The summed E-state index contributed by atoms with van der Waals surface area (Å²) < 4.78 is 30.9. The maximum absolute atomic E-state index is 14.0. The van der Waals surface area contributed by atoms with Crippen molar-refractivity contribution in [2.75, 3.05) is 4.72 Å². The van der Waals surface area contributed by atoms with Crippen LogP contribution in [0.2, 0.25) is 0 Å². The summed E-state index contributed by atoms with van der Waals surface area (Å²) in [6, 6.07) is 14.3. The van der Waals surface area contributed by atoms with Crippen LogP contribution >= 0.6 is 22.9 Å². The number of rotatable bonds is 5. The molecule has 0 saturated carbocycles. The van der Waals surface area contributed by atoms with Gasteiger partial charge in [-0.15, -0.1) is 0 Å². The largest absolute Gasteiger partial charge is 0.298 e. The van der Waals surface area contributed by atoms with Crippen LogP contribution in [0.25, 0.3) is 0 Å². The van der Waals surface area contributed by atoms with Crippen LogP contribution in [0.4, 0.5) is 10.1 Å². The average molecular weight is 479 g/mol. The number of benzene rings is 2. The second-order valence-electron chi connectivity index (χ2n) is 5.25. The molecule has 0 spiro atoms. The highest BCUT2D eigenvalue weighted by atomic mass is 127. The molecule has 1 N–H and O–H groups in total. The molecule has 0 saturated heterocycles. The Balaban J connectivity index is 1.91. The van der Waals surface area contributed by atoms with Crippen LogP contribution in [0.15, 0.2) is 65.8 Å². The third-order valence-electron chi connectivity index (χ3n) is 3.54. The van der Waals surface area contributed by atoms with E-state index >= 15 is 0 Å². The minimum absolute atomic E-state index is 0.0124. The van der Waals surface area contributed by atoms with Crippen molar-refractivity contribution >= 4 is 45.3 Å². The molecule has 0 radical (unpaired) electrons. The van der Waals surface area contributed by atoms with Gasteiger partial charge >= 0.3 is 0 Å². The van der Waals surface area contributed by atoms with Crippen LogP contribution in [0.3, 0.4) is 0 Å². The van der Waals surface area contributed by atoms with Gasteiger partial charge in [0.25, 0.3) is 0 Å². The van der Waals surface area contributed by atoms with Crippen molar-refractivity contribution in [3.63, 3.8) is 0 Å². The average Bonchev–Trinajstić information content (AvgIpc) is 3.05. The summed E-state index contributed by atoms with van der Waals surface area (Å²) in [6.07, 6.45) is 3.11. The van der Waals surface area contributed by atoms with E-state index in [0.29, 0.717) is 5.56 Å². The molecule has 1 atom stereocenters. The molecule has 0 amide bonds. The predicted molar refractivity (Wildman–Crippen MR) is 105 cm³/mol. The lowest BCUT2D eigenvalue weighted by Gasteiger charge is -2.08. The lowest BCUT2D eigenvalue weighted by molar-refractivity contribution is 0.103. The Bertz CT molecular complexity index is 1040. The first-order valence-corrected chi connectivity index (χ1v) is 9.47. The minimum atomic E-state index is -1.86. The van der Waals surface area contributed by atoms with Crippen molar-refractivity contribution in [1.82, 2.24) is 2.78 Å². The second-order valence-corrected chi connectivity index (χ2v) is 7.55. The van der Waals surface area contributed by atoms with E-state index in [2.05, 4.69) is 4.72 Å². The molecule has 0 aliphatic heterocycles. The summed E-state index contributed by atoms with van der Waals surface area (Å²) in [4.78, 5) is 12.9. The van der Waals surface area contributed by atoms with Crippen molar-refractivity contribution in [1.29, 1.82) is 5.26 Å². The molecular formula is C18H11FIN3O2S. The molecule has 1 aromatic heterocycles. The van der Waals surface area contributed by atoms with Crippen molar-refractivity contribution in [3.05, 3.63) is 83.4 Å². The molecule has 3 aromatic rings. The zero-order valence-electron chi connectivity index (χ0n) is 13.1. The molecule has 1 unspecified atom stereocenters. The Morgan fingerprint density at radius 1 is 1.19 bits per heavy atom. The first kappa shape index (κ1) is 18.3. The van der Waals surface area contributed by atoms with E-state index in [1.54, 1.807) is 45.5 Å². The standard InChI is InChI=1S/C18H11FIN3O2S/c19-15-8-12(9-21)6-7-16(15)22-26(25)17-11-23(20)10-14(17)18(24)13-4-2-1-3-5-13/h1-8,10-11,22H. The highest BCUT2D eigenvalue weighted by Gasteiger charge is 2.21.